The summed E-state index contributed by atoms with van der Waals surface area (Å²) < 4.78 is 85.8. The van der Waals surface area contributed by atoms with Gasteiger partial charge in [-0.1, -0.05) is 0 Å². The fourth-order valence-electron chi connectivity index (χ4n) is 11.4. The number of benzene rings is 1. The number of hydrogen-bond donors (Lipinski definition) is 20. The number of carbonyl (C=O) groups is 1. The Morgan fingerprint density at radius 3 is 0.716 bits per heavy atom. The summed E-state index contributed by atoms with van der Waals surface area (Å²) in [5.41, 5.74) is -0.678. The highest BCUT2D eigenvalue weighted by Crippen LogP contribution is 2.39. The van der Waals surface area contributed by atoms with Gasteiger partial charge in [0.1, 0.15) is 178 Å². The zero-order valence-corrected chi connectivity index (χ0v) is 45.7. The molecule has 21 aliphatic rings. The Hall–Kier alpha value is -3.27. The molecule has 0 saturated carbocycles. The average Bonchev–Trinajstić information content (AvgIpc) is 1.32. The van der Waals surface area contributed by atoms with Gasteiger partial charge < -0.3 is 173 Å². The number of carbonyl (C=O) groups excluding carboxylic acids is 1. The normalized spacial score (nSPS) is 49.8. The van der Waals surface area contributed by atoms with Crippen LogP contribution in [0, 0.1) is 10.1 Å². The van der Waals surface area contributed by atoms with E-state index in [1.807, 2.05) is 0 Å². The Labute approximate surface area is 494 Å². The lowest BCUT2D eigenvalue weighted by Crippen LogP contribution is -2.68. The van der Waals surface area contributed by atoms with Gasteiger partial charge in [-0.2, -0.15) is 0 Å². The number of rotatable bonds is 10. The summed E-state index contributed by atoms with van der Waals surface area (Å²) >= 11 is 0. The third kappa shape index (κ3) is 13.9. The summed E-state index contributed by atoms with van der Waals surface area (Å²) in [4.78, 5) is 23.8. The number of aliphatic hydroxyl groups is 20. The predicted molar refractivity (Wildman–Crippen MR) is 265 cm³/mol. The van der Waals surface area contributed by atoms with E-state index in [4.69, 9.17) is 71.1 Å². The maximum Gasteiger partial charge on any atom is 0.338 e. The first-order chi connectivity index (χ1) is 41.9. The monoisotopic (exact) mass is 1280 g/mol. The number of non-ortho nitro benzene ring substituents is 1. The fraction of sp³-hybridized carbons (Fsp3) is 0.857. The largest absolute Gasteiger partial charge is 0.459 e. The molecule has 39 heteroatoms. The van der Waals surface area contributed by atoms with Gasteiger partial charge in [0.05, 0.1) is 50.1 Å². The summed E-state index contributed by atoms with van der Waals surface area (Å²) in [6, 6.07) is 3.98. The summed E-state index contributed by atoms with van der Waals surface area (Å²) in [6.45, 7) is -7.58. The summed E-state index contributed by atoms with van der Waals surface area (Å²) in [5, 5.41) is 234. The second-order valence-electron chi connectivity index (χ2n) is 21.9. The van der Waals surface area contributed by atoms with Crippen molar-refractivity contribution in [3.8, 4) is 0 Å². The van der Waals surface area contributed by atoms with E-state index in [1.165, 1.54) is 0 Å². The Balaban J connectivity index is 1.02. The van der Waals surface area contributed by atoms with Crippen molar-refractivity contribution in [1.29, 1.82) is 0 Å². The lowest BCUT2D eigenvalue weighted by molar-refractivity contribution is -0.396. The van der Waals surface area contributed by atoms with E-state index >= 15 is 0 Å². The first-order valence-corrected chi connectivity index (χ1v) is 27.7. The van der Waals surface area contributed by atoms with Gasteiger partial charge in [0.2, 0.25) is 0 Å². The molecule has 35 atom stereocenters. The Morgan fingerprint density at radius 2 is 0.523 bits per heavy atom. The molecule has 22 rings (SSSR count). The molecule has 21 fully saturated rings. The van der Waals surface area contributed by atoms with E-state index < -0.39 is 278 Å². The molecule has 0 aromatic heterocycles. The number of hydrogen-bond acceptors (Lipinski definition) is 38. The molecule has 20 N–H and O–H groups in total. The summed E-state index contributed by atoms with van der Waals surface area (Å²) in [6.07, 6.45) is -73.0. The molecule has 1 aromatic rings. The Bertz CT molecular complexity index is 2390. The number of nitro groups is 1. The molecule has 0 radical (unpaired) electrons. The van der Waals surface area contributed by atoms with Gasteiger partial charge in [-0.3, -0.25) is 10.1 Å². The van der Waals surface area contributed by atoms with Gasteiger partial charge in [-0.05, 0) is 12.1 Å². The van der Waals surface area contributed by atoms with Crippen LogP contribution in [0.3, 0.4) is 0 Å². The minimum Gasteiger partial charge on any atom is -0.459 e. The van der Waals surface area contributed by atoms with Crippen molar-refractivity contribution in [2.45, 2.75) is 215 Å². The molecule has 21 heterocycles. The minimum atomic E-state index is -2.34. The van der Waals surface area contributed by atoms with Crippen LogP contribution >= 0.6 is 0 Å². The molecule has 88 heavy (non-hydrogen) atoms. The number of ether oxygens (including phenoxy) is 15. The van der Waals surface area contributed by atoms with Crippen molar-refractivity contribution in [2.24, 2.45) is 0 Å². The van der Waals surface area contributed by atoms with E-state index in [0.717, 1.165) is 24.3 Å². The lowest BCUT2D eigenvalue weighted by atomic mass is 9.95. The van der Waals surface area contributed by atoms with Crippen LogP contribution in [0.15, 0.2) is 24.3 Å². The van der Waals surface area contributed by atoms with Crippen molar-refractivity contribution in [1.82, 2.24) is 0 Å². The number of nitro benzene ring substituents is 1. The van der Waals surface area contributed by atoms with Crippen LogP contribution in [0.25, 0.3) is 0 Å². The van der Waals surface area contributed by atoms with Crippen molar-refractivity contribution in [3.63, 3.8) is 0 Å². The number of esters is 1. The Morgan fingerprint density at radius 1 is 0.330 bits per heavy atom. The minimum absolute atomic E-state index is 0.267. The van der Waals surface area contributed by atoms with Gasteiger partial charge in [-0.15, -0.1) is 0 Å². The highest BCUT2D eigenvalue weighted by atomic mass is 16.8. The molecule has 14 bridgehead atoms. The van der Waals surface area contributed by atoms with Gasteiger partial charge in [0, 0.05) is 12.1 Å². The standard InChI is InChI=1S/C49H73NO38/c51-5-14-35-22(58)29(65)44(76-14)84-37-16(7-53)78-46(31(67)24(37)60)86-39-18(9-55)80-48(33(69)26(39)62)88-41-20(11-74-42(71)12-1-3-13(4-2-12)50(72)73)81-49(34(70)27(41)63)87-40-19(10-56)79-47(32(68)25(40)61)85-38-17(8-54)77-45(30(66)23(38)59)83-36-15(6-52)75-43(82-35)28(64)21(36)57/h1-4,14-41,43-49,51-70H,5-11H2/t14-,15-,16-,17-,18-,19-,20-,21-,22+,23-,24+,25-,26+,27-,28-,29+,30-,31+,32-,33+,34-,35-,36-,37-,38-,39-,40-,41-,43-,44-,45-,46-,47-,48-,49-/m1/s1. The Kier molecular flexibility index (Phi) is 23.0. The zero-order chi connectivity index (χ0) is 63.9. The molecule has 39 nitrogen and oxygen atoms in total. The molecule has 502 valence electrons. The highest BCUT2D eigenvalue weighted by Gasteiger charge is 2.60. The van der Waals surface area contributed by atoms with Crippen LogP contribution in [0.5, 0.6) is 0 Å². The van der Waals surface area contributed by atoms with Gasteiger partial charge in [0.25, 0.3) is 5.69 Å². The smallest absolute Gasteiger partial charge is 0.338 e. The van der Waals surface area contributed by atoms with E-state index in [0.29, 0.717) is 0 Å². The molecule has 1 aromatic carbocycles. The van der Waals surface area contributed by atoms with Crippen LogP contribution in [0.4, 0.5) is 5.69 Å². The van der Waals surface area contributed by atoms with Crippen LogP contribution in [-0.2, 0) is 71.1 Å². The first kappa shape index (κ1) is 69.1. The average molecular weight is 1280 g/mol. The molecule has 0 aliphatic carbocycles. The first-order valence-electron chi connectivity index (χ1n) is 27.7. The highest BCUT2D eigenvalue weighted by molar-refractivity contribution is 5.89. The third-order valence-electron chi connectivity index (χ3n) is 16.3. The molecule has 21 aliphatic heterocycles. The van der Waals surface area contributed by atoms with E-state index in [-0.39, 0.29) is 5.56 Å². The van der Waals surface area contributed by atoms with Crippen LogP contribution in [0.1, 0.15) is 10.4 Å². The molecule has 21 saturated heterocycles. The number of nitrogens with zero attached hydrogens (tertiary/aromatic N) is 1. The molecule has 0 unspecified atom stereocenters. The quantitative estimate of drug-likeness (QED) is 0.0588. The molecular weight excluding hydrogens is 1210 g/mol. The van der Waals surface area contributed by atoms with Gasteiger partial charge in [0.15, 0.2) is 44.0 Å². The zero-order valence-electron chi connectivity index (χ0n) is 45.7. The summed E-state index contributed by atoms with van der Waals surface area (Å²) in [5.74, 6) is -1.18. The van der Waals surface area contributed by atoms with Crippen molar-refractivity contribution in [3.05, 3.63) is 39.9 Å². The van der Waals surface area contributed by atoms with Crippen molar-refractivity contribution >= 4 is 11.7 Å². The third-order valence-corrected chi connectivity index (χ3v) is 16.3. The van der Waals surface area contributed by atoms with Crippen LogP contribution in [0.2, 0.25) is 0 Å². The molecule has 0 amide bonds. The topological polar surface area (TPSA) is 603 Å². The maximum atomic E-state index is 13.3. The maximum absolute atomic E-state index is 13.3. The fourth-order valence-corrected chi connectivity index (χ4v) is 11.4. The second-order valence-corrected chi connectivity index (χ2v) is 21.9. The van der Waals surface area contributed by atoms with E-state index in [1.54, 1.807) is 0 Å². The van der Waals surface area contributed by atoms with E-state index in [9.17, 15) is 117 Å². The van der Waals surface area contributed by atoms with E-state index in [2.05, 4.69) is 0 Å². The van der Waals surface area contributed by atoms with Gasteiger partial charge >= 0.3 is 5.97 Å². The van der Waals surface area contributed by atoms with Crippen LogP contribution in [-0.4, -0.2) is 374 Å². The molecular formula is C49H73NO38. The number of aliphatic hydroxyl groups excluding tert-OH is 20. The van der Waals surface area contributed by atoms with Crippen LogP contribution < -0.4 is 0 Å². The lowest BCUT2D eigenvalue weighted by Gasteiger charge is -2.50. The van der Waals surface area contributed by atoms with Crippen molar-refractivity contribution < 1.29 is 183 Å². The van der Waals surface area contributed by atoms with Gasteiger partial charge in [-0.25, -0.2) is 4.79 Å². The summed E-state index contributed by atoms with van der Waals surface area (Å²) in [7, 11) is 0. The predicted octanol–water partition coefficient (Wildman–Crippen LogP) is -13.5. The second kappa shape index (κ2) is 29.4. The molecule has 0 spiro atoms. The SMILES string of the molecule is O=C(OC[C@H]1O[C@@H]2O[C@H]3[C@H](O)[C@@H](O)[C@@H](O[C@H]4[C@H](O)[C@@H](O)[C@@H](O[C@H]5[C@H](O)[C@@H](O)[C@@H](O[C@H]6[C@@H](O)[C@H](O)[C@@H](O[C@H]7[C@@H](O)[C@H](O)[C@@H](O[C@H]8[C@@H](O)[C@H](O)[C@@H](O[C@H]1[C@H](O)[C@H]2O)O[C@@H]8CO)O[C@@H]7CO)O[C@@H]6CO)O[C@@H]5CO)O[C@@H]4CO)O[C@@H]3CO)c1ccc([N+](=O)[O-])cc1. The van der Waals surface area contributed by atoms with Crippen molar-refractivity contribution in [2.75, 3.05) is 46.2 Å².